The highest BCUT2D eigenvalue weighted by molar-refractivity contribution is 5.55. The fourth-order valence-electron chi connectivity index (χ4n) is 0.967. The third-order valence-electron chi connectivity index (χ3n) is 1.65. The molecule has 0 aliphatic heterocycles. The Morgan fingerprint density at radius 1 is 1.43 bits per heavy atom. The van der Waals surface area contributed by atoms with Gasteiger partial charge in [0.15, 0.2) is 0 Å². The molecule has 1 rings (SSSR count). The maximum atomic E-state index is 8.77. The van der Waals surface area contributed by atoms with E-state index in [1.54, 1.807) is 6.07 Å². The van der Waals surface area contributed by atoms with Crippen molar-refractivity contribution in [1.82, 2.24) is 0 Å². The minimum atomic E-state index is 0.316. The van der Waals surface area contributed by atoms with Crippen molar-refractivity contribution in [3.05, 3.63) is 35.4 Å². The predicted molar refractivity (Wildman–Crippen MR) is 53.7 cm³/mol. The fraction of sp³-hybridized carbons (Fsp3) is 0.273. The molecule has 0 atom stereocenters. The van der Waals surface area contributed by atoms with Crippen LogP contribution < -0.4 is 0 Å². The van der Waals surface area contributed by atoms with Crippen molar-refractivity contribution < 1.29 is 4.84 Å². The molecular weight excluding hydrogens is 176 g/mol. The number of nitrogens with zero attached hydrogens (tertiary/aromatic N) is 2. The Morgan fingerprint density at radius 3 is 2.93 bits per heavy atom. The van der Waals surface area contributed by atoms with E-state index in [2.05, 4.69) is 17.4 Å². The van der Waals surface area contributed by atoms with E-state index >= 15 is 0 Å². The van der Waals surface area contributed by atoms with E-state index < -0.39 is 0 Å². The summed E-state index contributed by atoms with van der Waals surface area (Å²) in [6, 6.07) is 9.39. The number of benzene rings is 1. The number of hydrogen-bond donors (Lipinski definition) is 0. The average molecular weight is 187 g/mol. The average Bonchev–Trinajstić information content (AvgIpc) is 2.25. The molecule has 0 amide bonds. The Hall–Kier alpha value is -1.82. The van der Waals surface area contributed by atoms with E-state index in [9.17, 15) is 0 Å². The molecule has 0 aromatic heterocycles. The van der Waals surface area contributed by atoms with Gasteiger partial charge in [-0.1, -0.05) is 30.3 Å². The maximum Gasteiger partial charge on any atom is 0.143 e. The number of rotatable bonds is 4. The zero-order valence-corrected chi connectivity index (χ0v) is 8.03. The monoisotopic (exact) mass is 187 g/mol. The summed E-state index contributed by atoms with van der Waals surface area (Å²) in [5, 5.41) is 12.4. The molecule has 1 radical (unpaired) electrons. The highest BCUT2D eigenvalue weighted by Gasteiger charge is 1.99. The third-order valence-corrected chi connectivity index (χ3v) is 1.65. The summed E-state index contributed by atoms with van der Waals surface area (Å²) in [7, 11) is 0. The zero-order chi connectivity index (χ0) is 10.2. The molecule has 0 heterocycles. The van der Waals surface area contributed by atoms with Crippen LogP contribution in [-0.2, 0) is 11.4 Å². The van der Waals surface area contributed by atoms with Gasteiger partial charge in [0.2, 0.25) is 0 Å². The molecule has 0 spiro atoms. The molecule has 3 nitrogen and oxygen atoms in total. The predicted octanol–water partition coefficient (Wildman–Crippen LogP) is 2.35. The summed E-state index contributed by atoms with van der Waals surface area (Å²) < 4.78 is 0. The summed E-state index contributed by atoms with van der Waals surface area (Å²) in [4.78, 5) is 4.97. The van der Waals surface area contributed by atoms with Gasteiger partial charge < -0.3 is 4.84 Å². The fourth-order valence-corrected chi connectivity index (χ4v) is 0.967. The molecule has 71 valence electrons. The first-order chi connectivity index (χ1) is 6.88. The maximum absolute atomic E-state index is 8.77. The Balaban J connectivity index is 2.59. The number of nitriles is 1. The minimum absolute atomic E-state index is 0.316. The van der Waals surface area contributed by atoms with Gasteiger partial charge in [-0.25, -0.2) is 0 Å². The van der Waals surface area contributed by atoms with Crippen molar-refractivity contribution in [2.45, 2.75) is 20.0 Å². The van der Waals surface area contributed by atoms with Gasteiger partial charge in [-0.2, -0.15) is 5.26 Å². The normalized spacial score (nSPS) is 10.0. The quantitative estimate of drug-likeness (QED) is 0.536. The molecule has 0 unspecified atom stereocenters. The smallest absolute Gasteiger partial charge is 0.143 e. The summed E-state index contributed by atoms with van der Waals surface area (Å²) in [6.45, 7) is 2.24. The topological polar surface area (TPSA) is 45.4 Å². The summed E-state index contributed by atoms with van der Waals surface area (Å²) in [5.41, 5.74) is 1.47. The Bertz CT molecular complexity index is 353. The van der Waals surface area contributed by atoms with Gasteiger partial charge in [-0.05, 0) is 12.5 Å². The van der Waals surface area contributed by atoms with Crippen LogP contribution in [0.15, 0.2) is 29.4 Å². The molecule has 0 bridgehead atoms. The Labute approximate surface area is 83.6 Å². The van der Waals surface area contributed by atoms with Crippen molar-refractivity contribution in [3.63, 3.8) is 0 Å². The first-order valence-corrected chi connectivity index (χ1v) is 4.41. The van der Waals surface area contributed by atoms with Crippen LogP contribution in [0.1, 0.15) is 24.5 Å². The molecule has 0 aliphatic carbocycles. The van der Waals surface area contributed by atoms with Gasteiger partial charge in [0.25, 0.3) is 0 Å². The summed E-state index contributed by atoms with van der Waals surface area (Å²) in [5.74, 6) is 0. The standard InChI is InChI=1S/C11H11N2O/c1-2-7-13-14-9-11-6-4-3-5-10(11)8-12/h3-6H,2,9H2,1H3. The van der Waals surface area contributed by atoms with E-state index in [-0.39, 0.29) is 0 Å². The molecule has 1 aromatic carbocycles. The lowest BCUT2D eigenvalue weighted by Crippen LogP contribution is -1.91. The van der Waals surface area contributed by atoms with Gasteiger partial charge >= 0.3 is 0 Å². The molecule has 3 heteroatoms. The summed E-state index contributed by atoms with van der Waals surface area (Å²) >= 11 is 0. The first kappa shape index (κ1) is 10.3. The van der Waals surface area contributed by atoms with Gasteiger partial charge in [0.05, 0.1) is 11.6 Å². The van der Waals surface area contributed by atoms with E-state index in [0.29, 0.717) is 12.2 Å². The van der Waals surface area contributed by atoms with Crippen LogP contribution >= 0.6 is 0 Å². The first-order valence-electron chi connectivity index (χ1n) is 4.41. The lowest BCUT2D eigenvalue weighted by molar-refractivity contribution is 0.131. The van der Waals surface area contributed by atoms with Crippen LogP contribution in [0.5, 0.6) is 0 Å². The van der Waals surface area contributed by atoms with Crippen molar-refractivity contribution in [1.29, 1.82) is 5.26 Å². The second-order valence-electron chi connectivity index (χ2n) is 2.65. The van der Waals surface area contributed by atoms with Crippen LogP contribution in [0.2, 0.25) is 0 Å². The van der Waals surface area contributed by atoms with Gasteiger partial charge in [0.1, 0.15) is 12.8 Å². The van der Waals surface area contributed by atoms with Crippen LogP contribution in [0, 0.1) is 11.3 Å². The Kier molecular flexibility index (Phi) is 4.22. The van der Waals surface area contributed by atoms with Crippen molar-refractivity contribution in [2.24, 2.45) is 5.16 Å². The molecule has 1 aromatic rings. The van der Waals surface area contributed by atoms with Crippen LogP contribution in [0.25, 0.3) is 0 Å². The van der Waals surface area contributed by atoms with Crippen LogP contribution in [0.3, 0.4) is 0 Å². The van der Waals surface area contributed by atoms with E-state index in [4.69, 9.17) is 10.1 Å². The largest absolute Gasteiger partial charge is 0.391 e. The van der Waals surface area contributed by atoms with Crippen LogP contribution in [0.4, 0.5) is 0 Å². The van der Waals surface area contributed by atoms with Gasteiger partial charge in [-0.3, -0.25) is 0 Å². The highest BCUT2D eigenvalue weighted by Crippen LogP contribution is 2.08. The van der Waals surface area contributed by atoms with Crippen molar-refractivity contribution in [2.75, 3.05) is 0 Å². The second kappa shape index (κ2) is 5.76. The minimum Gasteiger partial charge on any atom is -0.391 e. The lowest BCUT2D eigenvalue weighted by atomic mass is 10.1. The van der Waals surface area contributed by atoms with E-state index in [0.717, 1.165) is 12.0 Å². The lowest BCUT2D eigenvalue weighted by Gasteiger charge is -2.00. The second-order valence-corrected chi connectivity index (χ2v) is 2.65. The molecule has 0 fully saturated rings. The molecular formula is C11H11N2O. The van der Waals surface area contributed by atoms with Crippen molar-refractivity contribution in [3.8, 4) is 6.07 Å². The van der Waals surface area contributed by atoms with E-state index in [1.807, 2.05) is 25.1 Å². The van der Waals surface area contributed by atoms with Crippen LogP contribution in [-0.4, -0.2) is 6.21 Å². The zero-order valence-electron chi connectivity index (χ0n) is 8.03. The third kappa shape index (κ3) is 2.91. The van der Waals surface area contributed by atoms with Crippen molar-refractivity contribution >= 4 is 6.21 Å². The van der Waals surface area contributed by atoms with Gasteiger partial charge in [0, 0.05) is 5.56 Å². The molecule has 0 saturated heterocycles. The van der Waals surface area contributed by atoms with E-state index in [1.165, 1.54) is 0 Å². The molecule has 0 N–H and O–H groups in total. The highest BCUT2D eigenvalue weighted by atomic mass is 16.6. The molecule has 0 aliphatic rings. The molecule has 14 heavy (non-hydrogen) atoms. The SMILES string of the molecule is CC/[C]=N\OCc1ccccc1C#N. The Morgan fingerprint density at radius 2 is 2.21 bits per heavy atom. The summed E-state index contributed by atoms with van der Waals surface area (Å²) in [6.07, 6.45) is 3.40. The van der Waals surface area contributed by atoms with Gasteiger partial charge in [-0.15, -0.1) is 0 Å². The molecule has 0 saturated carbocycles. The number of hydrogen-bond acceptors (Lipinski definition) is 3.